The third-order valence-corrected chi connectivity index (χ3v) is 5.35. The van der Waals surface area contributed by atoms with Gasteiger partial charge in [0.2, 0.25) is 0 Å². The second-order valence-corrected chi connectivity index (χ2v) is 7.15. The maximum Gasteiger partial charge on any atom is 0.317 e. The summed E-state index contributed by atoms with van der Waals surface area (Å²) >= 11 is 3.47. The maximum absolute atomic E-state index is 12.1. The van der Waals surface area contributed by atoms with Crippen LogP contribution in [0.5, 0.6) is 0 Å². The fourth-order valence-corrected chi connectivity index (χ4v) is 3.81. The first kappa shape index (κ1) is 14.6. The molecule has 0 atom stereocenters. The SMILES string of the molecule is O=C(NCc1cccs1)N1CCN(Cc2cccs2)CC1. The third kappa shape index (κ3) is 4.06. The van der Waals surface area contributed by atoms with E-state index in [-0.39, 0.29) is 6.03 Å². The number of nitrogens with one attached hydrogen (secondary N) is 1. The van der Waals surface area contributed by atoms with Crippen molar-refractivity contribution in [2.45, 2.75) is 13.1 Å². The Kier molecular flexibility index (Phi) is 4.90. The minimum atomic E-state index is 0.0548. The predicted molar refractivity (Wildman–Crippen MR) is 87.7 cm³/mol. The summed E-state index contributed by atoms with van der Waals surface area (Å²) in [6.07, 6.45) is 0. The highest BCUT2D eigenvalue weighted by atomic mass is 32.1. The largest absolute Gasteiger partial charge is 0.333 e. The van der Waals surface area contributed by atoms with Crippen LogP contribution in [0.3, 0.4) is 0 Å². The molecule has 112 valence electrons. The van der Waals surface area contributed by atoms with Crippen LogP contribution in [0.25, 0.3) is 0 Å². The molecule has 0 unspecified atom stereocenters. The number of nitrogens with zero attached hydrogens (tertiary/aromatic N) is 2. The van der Waals surface area contributed by atoms with Gasteiger partial charge in [-0.2, -0.15) is 0 Å². The van der Waals surface area contributed by atoms with Gasteiger partial charge in [-0.1, -0.05) is 12.1 Å². The summed E-state index contributed by atoms with van der Waals surface area (Å²) in [7, 11) is 0. The number of carbonyl (C=O) groups excluding carboxylic acids is 1. The molecule has 6 heteroatoms. The number of piperazine rings is 1. The molecule has 0 aliphatic carbocycles. The summed E-state index contributed by atoms with van der Waals surface area (Å²) in [6.45, 7) is 5.15. The predicted octanol–water partition coefficient (Wildman–Crippen LogP) is 2.84. The van der Waals surface area contributed by atoms with Crippen molar-refractivity contribution >= 4 is 28.7 Å². The topological polar surface area (TPSA) is 35.6 Å². The molecule has 1 aliphatic rings. The molecule has 1 fully saturated rings. The van der Waals surface area contributed by atoms with Crippen molar-refractivity contribution in [1.29, 1.82) is 0 Å². The molecule has 0 saturated carbocycles. The fourth-order valence-electron chi connectivity index (χ4n) is 2.42. The van der Waals surface area contributed by atoms with Gasteiger partial charge >= 0.3 is 6.03 Å². The van der Waals surface area contributed by atoms with Crippen LogP contribution in [0.4, 0.5) is 4.79 Å². The van der Waals surface area contributed by atoms with Gasteiger partial charge in [0, 0.05) is 42.5 Å². The van der Waals surface area contributed by atoms with Gasteiger partial charge in [0.25, 0.3) is 0 Å². The minimum absolute atomic E-state index is 0.0548. The quantitative estimate of drug-likeness (QED) is 0.940. The van der Waals surface area contributed by atoms with E-state index in [9.17, 15) is 4.79 Å². The Balaban J connectivity index is 1.41. The lowest BCUT2D eigenvalue weighted by atomic mass is 10.3. The Labute approximate surface area is 133 Å². The van der Waals surface area contributed by atoms with Crippen molar-refractivity contribution in [2.75, 3.05) is 26.2 Å². The lowest BCUT2D eigenvalue weighted by Crippen LogP contribution is -2.51. The molecule has 3 rings (SSSR count). The summed E-state index contributed by atoms with van der Waals surface area (Å²) in [4.78, 5) is 19.0. The Morgan fingerprint density at radius 3 is 2.33 bits per heavy atom. The minimum Gasteiger partial charge on any atom is -0.333 e. The fraction of sp³-hybridized carbons (Fsp3) is 0.400. The van der Waals surface area contributed by atoms with Crippen LogP contribution in [0.1, 0.15) is 9.75 Å². The number of hydrogen-bond acceptors (Lipinski definition) is 4. The average molecular weight is 321 g/mol. The lowest BCUT2D eigenvalue weighted by molar-refractivity contribution is 0.136. The Morgan fingerprint density at radius 2 is 1.71 bits per heavy atom. The van der Waals surface area contributed by atoms with Crippen LogP contribution in [0, 0.1) is 0 Å². The summed E-state index contributed by atoms with van der Waals surface area (Å²) in [5, 5.41) is 7.14. The van der Waals surface area contributed by atoms with Gasteiger partial charge in [0.1, 0.15) is 0 Å². The Hall–Kier alpha value is -1.37. The average Bonchev–Trinajstić information content (AvgIpc) is 3.19. The van der Waals surface area contributed by atoms with Crippen LogP contribution >= 0.6 is 22.7 Å². The first-order valence-electron chi connectivity index (χ1n) is 7.11. The summed E-state index contributed by atoms with van der Waals surface area (Å²) in [6, 6.07) is 8.37. The molecule has 0 spiro atoms. The van der Waals surface area contributed by atoms with Crippen LogP contribution in [-0.2, 0) is 13.1 Å². The Morgan fingerprint density at radius 1 is 1.05 bits per heavy atom. The molecular formula is C15H19N3OS2. The van der Waals surface area contributed by atoms with Crippen LogP contribution in [0.2, 0.25) is 0 Å². The van der Waals surface area contributed by atoms with Gasteiger partial charge < -0.3 is 10.2 Å². The second kappa shape index (κ2) is 7.06. The zero-order valence-corrected chi connectivity index (χ0v) is 13.5. The van der Waals surface area contributed by atoms with E-state index in [4.69, 9.17) is 0 Å². The van der Waals surface area contributed by atoms with Crippen molar-refractivity contribution in [3.05, 3.63) is 44.8 Å². The number of urea groups is 1. The normalized spacial score (nSPS) is 16.1. The van der Waals surface area contributed by atoms with Crippen molar-refractivity contribution < 1.29 is 4.79 Å². The number of carbonyl (C=O) groups is 1. The summed E-state index contributed by atoms with van der Waals surface area (Å²) in [5.41, 5.74) is 0. The molecule has 1 saturated heterocycles. The van der Waals surface area contributed by atoms with E-state index in [0.29, 0.717) is 6.54 Å². The molecule has 2 aromatic heterocycles. The van der Waals surface area contributed by atoms with E-state index in [1.807, 2.05) is 22.4 Å². The zero-order chi connectivity index (χ0) is 14.5. The first-order chi connectivity index (χ1) is 10.3. The van der Waals surface area contributed by atoms with E-state index >= 15 is 0 Å². The van der Waals surface area contributed by atoms with E-state index < -0.39 is 0 Å². The highest BCUT2D eigenvalue weighted by Gasteiger charge is 2.21. The lowest BCUT2D eigenvalue weighted by Gasteiger charge is -2.34. The molecule has 21 heavy (non-hydrogen) atoms. The number of rotatable bonds is 4. The molecule has 2 amide bonds. The molecule has 3 heterocycles. The monoisotopic (exact) mass is 321 g/mol. The Bertz CT molecular complexity index is 546. The summed E-state index contributed by atoms with van der Waals surface area (Å²) < 4.78 is 0. The van der Waals surface area contributed by atoms with Gasteiger partial charge in [-0.25, -0.2) is 4.79 Å². The zero-order valence-electron chi connectivity index (χ0n) is 11.8. The van der Waals surface area contributed by atoms with E-state index in [2.05, 4.69) is 27.7 Å². The standard InChI is InChI=1S/C15H19N3OS2/c19-15(16-11-13-3-1-9-20-13)18-7-5-17(6-8-18)12-14-4-2-10-21-14/h1-4,9-10H,5-8,11-12H2,(H,16,19). The third-order valence-electron chi connectivity index (χ3n) is 3.61. The van der Waals surface area contributed by atoms with Gasteiger partial charge in [0.15, 0.2) is 0 Å². The molecule has 0 aromatic carbocycles. The maximum atomic E-state index is 12.1. The molecule has 1 aliphatic heterocycles. The first-order valence-corrected chi connectivity index (χ1v) is 8.87. The molecule has 1 N–H and O–H groups in total. The number of thiophene rings is 2. The number of amides is 2. The highest BCUT2D eigenvalue weighted by molar-refractivity contribution is 7.10. The van der Waals surface area contributed by atoms with Crippen LogP contribution in [-0.4, -0.2) is 42.0 Å². The van der Waals surface area contributed by atoms with Crippen molar-refractivity contribution in [2.24, 2.45) is 0 Å². The molecule has 4 nitrogen and oxygen atoms in total. The van der Waals surface area contributed by atoms with Crippen molar-refractivity contribution in [1.82, 2.24) is 15.1 Å². The van der Waals surface area contributed by atoms with Gasteiger partial charge in [-0.3, -0.25) is 4.90 Å². The number of hydrogen-bond donors (Lipinski definition) is 1. The van der Waals surface area contributed by atoms with Gasteiger partial charge in [0.05, 0.1) is 6.54 Å². The van der Waals surface area contributed by atoms with E-state index in [0.717, 1.165) is 32.7 Å². The van der Waals surface area contributed by atoms with Crippen molar-refractivity contribution in [3.8, 4) is 0 Å². The molecule has 2 aromatic rings. The smallest absolute Gasteiger partial charge is 0.317 e. The highest BCUT2D eigenvalue weighted by Crippen LogP contribution is 2.14. The van der Waals surface area contributed by atoms with E-state index in [1.165, 1.54) is 9.75 Å². The second-order valence-electron chi connectivity index (χ2n) is 5.08. The van der Waals surface area contributed by atoms with Gasteiger partial charge in [-0.05, 0) is 22.9 Å². The molecule has 0 radical (unpaired) electrons. The molecular weight excluding hydrogens is 302 g/mol. The van der Waals surface area contributed by atoms with Gasteiger partial charge in [-0.15, -0.1) is 22.7 Å². The van der Waals surface area contributed by atoms with Crippen LogP contribution in [0.15, 0.2) is 35.0 Å². The van der Waals surface area contributed by atoms with Crippen LogP contribution < -0.4 is 5.32 Å². The summed E-state index contributed by atoms with van der Waals surface area (Å²) in [5.74, 6) is 0. The van der Waals surface area contributed by atoms with E-state index in [1.54, 1.807) is 22.7 Å². The molecule has 0 bridgehead atoms. The van der Waals surface area contributed by atoms with Crippen molar-refractivity contribution in [3.63, 3.8) is 0 Å².